The van der Waals surface area contributed by atoms with Gasteiger partial charge in [0.15, 0.2) is 5.13 Å². The third kappa shape index (κ3) is 4.14. The zero-order valence-electron chi connectivity index (χ0n) is 12.6. The summed E-state index contributed by atoms with van der Waals surface area (Å²) in [4.78, 5) is 40.8. The molecule has 2 aromatic heterocycles. The second-order valence-corrected chi connectivity index (χ2v) is 6.41. The number of thiazole rings is 1. The minimum atomic E-state index is -0.581. The van der Waals surface area contributed by atoms with E-state index in [2.05, 4.69) is 4.98 Å². The molecule has 0 aliphatic carbocycles. The van der Waals surface area contributed by atoms with E-state index in [9.17, 15) is 14.4 Å². The molecule has 0 fully saturated rings. The van der Waals surface area contributed by atoms with Crippen molar-refractivity contribution < 1.29 is 19.1 Å². The van der Waals surface area contributed by atoms with Crippen molar-refractivity contribution in [1.82, 2.24) is 4.98 Å². The number of hydrogen-bond acceptors (Lipinski definition) is 7. The largest absolute Gasteiger partial charge is 0.455 e. The van der Waals surface area contributed by atoms with E-state index >= 15 is 0 Å². The van der Waals surface area contributed by atoms with Crippen molar-refractivity contribution in [1.29, 1.82) is 0 Å². The van der Waals surface area contributed by atoms with E-state index in [1.165, 1.54) is 35.3 Å². The lowest BCUT2D eigenvalue weighted by atomic mass is 10.4. The fourth-order valence-electron chi connectivity index (χ4n) is 1.77. The Morgan fingerprint density at radius 3 is 2.57 bits per heavy atom. The van der Waals surface area contributed by atoms with Gasteiger partial charge in [0.1, 0.15) is 11.5 Å². The number of amides is 2. The lowest BCUT2D eigenvalue weighted by Crippen LogP contribution is -2.27. The number of nitrogens with zero attached hydrogens (tertiary/aromatic N) is 2. The van der Waals surface area contributed by atoms with Crippen molar-refractivity contribution in [2.24, 2.45) is 5.73 Å². The number of aromatic nitrogens is 1. The monoisotopic (exact) mass is 353 g/mol. The molecule has 7 nitrogen and oxygen atoms in total. The first-order chi connectivity index (χ1) is 10.9. The van der Waals surface area contributed by atoms with E-state index in [1.807, 2.05) is 6.92 Å². The molecule has 2 rings (SSSR count). The molecule has 0 bridgehead atoms. The second-order valence-electron chi connectivity index (χ2n) is 4.49. The maximum atomic E-state index is 11.9. The van der Waals surface area contributed by atoms with Gasteiger partial charge in [-0.25, -0.2) is 9.78 Å². The number of ether oxygens (including phenoxy) is 1. The summed E-state index contributed by atoms with van der Waals surface area (Å²) in [5.41, 5.74) is 5.70. The molecule has 122 valence electrons. The van der Waals surface area contributed by atoms with Crippen LogP contribution in [0.3, 0.4) is 0 Å². The molecular weight excluding hydrogens is 338 g/mol. The highest BCUT2D eigenvalue weighted by Crippen LogP contribution is 2.22. The second kappa shape index (κ2) is 7.34. The Balaban J connectivity index is 1.98. The van der Waals surface area contributed by atoms with Crippen LogP contribution in [0.4, 0.5) is 5.13 Å². The number of carbonyl (C=O) groups excluding carboxylic acids is 3. The first kappa shape index (κ1) is 17.1. The fourth-order valence-corrected chi connectivity index (χ4v) is 3.44. The molecular formula is C14H15N3O4S2. The molecule has 0 aliphatic heterocycles. The van der Waals surface area contributed by atoms with Crippen molar-refractivity contribution in [2.75, 3.05) is 11.4 Å². The van der Waals surface area contributed by atoms with Crippen LogP contribution in [0, 0.1) is 0 Å². The summed E-state index contributed by atoms with van der Waals surface area (Å²) in [6, 6.07) is 2.98. The molecule has 0 radical (unpaired) electrons. The van der Waals surface area contributed by atoms with E-state index in [1.54, 1.807) is 5.38 Å². The number of primary amides is 1. The third-order valence-electron chi connectivity index (χ3n) is 2.87. The number of anilines is 1. The van der Waals surface area contributed by atoms with Gasteiger partial charge in [0.25, 0.3) is 5.91 Å². The normalized spacial score (nSPS) is 10.3. The molecule has 0 aromatic carbocycles. The molecule has 23 heavy (non-hydrogen) atoms. The summed E-state index contributed by atoms with van der Waals surface area (Å²) in [7, 11) is 0. The number of hydrogen-bond donors (Lipinski definition) is 1. The van der Waals surface area contributed by atoms with Gasteiger partial charge < -0.3 is 10.5 Å². The predicted molar refractivity (Wildman–Crippen MR) is 87.8 cm³/mol. The summed E-state index contributed by atoms with van der Waals surface area (Å²) >= 11 is 2.29. The van der Waals surface area contributed by atoms with Gasteiger partial charge in [-0.15, -0.1) is 22.7 Å². The van der Waals surface area contributed by atoms with Crippen molar-refractivity contribution in [3.05, 3.63) is 33.0 Å². The molecule has 2 N–H and O–H groups in total. The number of esters is 1. The molecule has 2 aromatic rings. The maximum absolute atomic E-state index is 11.9. The zero-order valence-corrected chi connectivity index (χ0v) is 14.2. The van der Waals surface area contributed by atoms with Gasteiger partial charge in [-0.05, 0) is 19.1 Å². The van der Waals surface area contributed by atoms with E-state index in [0.29, 0.717) is 27.1 Å². The van der Waals surface area contributed by atoms with Gasteiger partial charge >= 0.3 is 5.97 Å². The molecule has 0 atom stereocenters. The standard InChI is InChI=1S/C14H15N3O4S2/c1-3-17(8(2)18)14-16-9(7-22-14)6-21-13(20)11-5-4-10(23-11)12(15)19/h4-5,7H,3,6H2,1-2H3,(H2,15,19). The van der Waals surface area contributed by atoms with Crippen molar-refractivity contribution in [3.8, 4) is 0 Å². The van der Waals surface area contributed by atoms with Crippen LogP contribution in [0.25, 0.3) is 0 Å². The van der Waals surface area contributed by atoms with Crippen LogP contribution in [0.1, 0.15) is 38.9 Å². The molecule has 0 aliphatic rings. The number of rotatable bonds is 6. The van der Waals surface area contributed by atoms with Crippen LogP contribution >= 0.6 is 22.7 Å². The molecule has 2 heterocycles. The summed E-state index contributed by atoms with van der Waals surface area (Å²) in [6.07, 6.45) is 0. The lowest BCUT2D eigenvalue weighted by Gasteiger charge is -2.14. The van der Waals surface area contributed by atoms with Crippen molar-refractivity contribution in [3.63, 3.8) is 0 Å². The lowest BCUT2D eigenvalue weighted by molar-refractivity contribution is -0.116. The van der Waals surface area contributed by atoms with Gasteiger partial charge in [0.05, 0.1) is 10.6 Å². The average Bonchev–Trinajstić information content (AvgIpc) is 3.14. The summed E-state index contributed by atoms with van der Waals surface area (Å²) in [5, 5.41) is 2.30. The van der Waals surface area contributed by atoms with E-state index < -0.39 is 11.9 Å². The highest BCUT2D eigenvalue weighted by molar-refractivity contribution is 7.15. The molecule has 9 heteroatoms. The molecule has 0 spiro atoms. The van der Waals surface area contributed by atoms with E-state index in [0.717, 1.165) is 11.3 Å². The van der Waals surface area contributed by atoms with Crippen LogP contribution in [-0.2, 0) is 16.1 Å². The first-order valence-corrected chi connectivity index (χ1v) is 8.41. The Labute approximate surface area is 140 Å². The van der Waals surface area contributed by atoms with Crippen molar-refractivity contribution in [2.45, 2.75) is 20.5 Å². The smallest absolute Gasteiger partial charge is 0.348 e. The minimum absolute atomic E-state index is 0.00536. The topological polar surface area (TPSA) is 103 Å². The number of carbonyl (C=O) groups is 3. The molecule has 0 unspecified atom stereocenters. The van der Waals surface area contributed by atoms with Crippen LogP contribution in [0.15, 0.2) is 17.5 Å². The summed E-state index contributed by atoms with van der Waals surface area (Å²) in [6.45, 7) is 3.84. The van der Waals surface area contributed by atoms with Crippen LogP contribution in [0.5, 0.6) is 0 Å². The molecule has 0 saturated carbocycles. The average molecular weight is 353 g/mol. The Morgan fingerprint density at radius 2 is 2.00 bits per heavy atom. The SMILES string of the molecule is CCN(C(C)=O)c1nc(COC(=O)c2ccc(C(N)=O)s2)cs1. The number of nitrogens with two attached hydrogens (primary N) is 1. The Bertz CT molecular complexity index is 738. The number of thiophene rings is 1. The van der Waals surface area contributed by atoms with E-state index in [-0.39, 0.29) is 12.5 Å². The molecule has 2 amide bonds. The van der Waals surface area contributed by atoms with Gasteiger partial charge in [-0.1, -0.05) is 0 Å². The Morgan fingerprint density at radius 1 is 1.30 bits per heavy atom. The Hall–Kier alpha value is -2.26. The van der Waals surface area contributed by atoms with Gasteiger partial charge in [-0.2, -0.15) is 0 Å². The van der Waals surface area contributed by atoms with Crippen LogP contribution < -0.4 is 10.6 Å². The highest BCUT2D eigenvalue weighted by Gasteiger charge is 2.16. The minimum Gasteiger partial charge on any atom is -0.455 e. The Kier molecular flexibility index (Phi) is 5.45. The van der Waals surface area contributed by atoms with Crippen molar-refractivity contribution >= 4 is 45.6 Å². The summed E-state index contributed by atoms with van der Waals surface area (Å²) < 4.78 is 5.15. The quantitative estimate of drug-likeness (QED) is 0.801. The fraction of sp³-hybridized carbons (Fsp3) is 0.286. The van der Waals surface area contributed by atoms with Crippen LogP contribution in [-0.4, -0.2) is 29.3 Å². The molecule has 0 saturated heterocycles. The highest BCUT2D eigenvalue weighted by atomic mass is 32.1. The van der Waals surface area contributed by atoms with Gasteiger partial charge in [-0.3, -0.25) is 14.5 Å². The van der Waals surface area contributed by atoms with Crippen LogP contribution in [0.2, 0.25) is 0 Å². The first-order valence-electron chi connectivity index (χ1n) is 6.71. The maximum Gasteiger partial charge on any atom is 0.348 e. The third-order valence-corrected chi connectivity index (χ3v) is 4.86. The van der Waals surface area contributed by atoms with Gasteiger partial charge in [0, 0.05) is 18.8 Å². The summed E-state index contributed by atoms with van der Waals surface area (Å²) in [5.74, 6) is -1.22. The predicted octanol–water partition coefficient (Wildman–Crippen LogP) is 2.03. The zero-order chi connectivity index (χ0) is 17.0. The van der Waals surface area contributed by atoms with Gasteiger partial charge in [0.2, 0.25) is 5.91 Å². The van der Waals surface area contributed by atoms with E-state index in [4.69, 9.17) is 10.5 Å².